The summed E-state index contributed by atoms with van der Waals surface area (Å²) in [6, 6.07) is 1.36. The van der Waals surface area contributed by atoms with E-state index in [0.717, 1.165) is 24.0 Å². The molecule has 0 radical (unpaired) electrons. The van der Waals surface area contributed by atoms with E-state index >= 15 is 0 Å². The van der Waals surface area contributed by atoms with Crippen molar-refractivity contribution in [2.24, 2.45) is 5.92 Å². The van der Waals surface area contributed by atoms with E-state index in [2.05, 4.69) is 15.0 Å². The smallest absolute Gasteiger partial charge is 0.417 e. The van der Waals surface area contributed by atoms with Crippen molar-refractivity contribution < 1.29 is 27.5 Å². The molecular weight excluding hydrogens is 345 g/mol. The highest BCUT2D eigenvalue weighted by molar-refractivity contribution is 7.99. The maximum Gasteiger partial charge on any atom is 0.417 e. The first-order valence-electron chi connectivity index (χ1n) is 7.16. The lowest BCUT2D eigenvalue weighted by molar-refractivity contribution is -0.145. The van der Waals surface area contributed by atoms with E-state index in [1.165, 1.54) is 13.2 Å². The fraction of sp³-hybridized carbons (Fsp3) is 0.533. The number of nitrogens with one attached hydrogen (secondary N) is 1. The van der Waals surface area contributed by atoms with Crippen LogP contribution in [0.5, 0.6) is 0 Å². The molecule has 1 aromatic rings. The molecule has 0 aliphatic carbocycles. The van der Waals surface area contributed by atoms with Crippen LogP contribution in [0.1, 0.15) is 25.8 Å². The van der Waals surface area contributed by atoms with Crippen molar-refractivity contribution in [1.29, 1.82) is 0 Å². The van der Waals surface area contributed by atoms with Crippen molar-refractivity contribution in [3.63, 3.8) is 0 Å². The Hall–Kier alpha value is -1.77. The summed E-state index contributed by atoms with van der Waals surface area (Å²) in [5.41, 5.74) is -0.848. The Morgan fingerprint density at radius 1 is 1.33 bits per heavy atom. The molecule has 0 fully saturated rings. The number of nitrogens with zero attached hydrogens (tertiary/aromatic N) is 1. The predicted molar refractivity (Wildman–Crippen MR) is 83.4 cm³/mol. The summed E-state index contributed by atoms with van der Waals surface area (Å²) in [5, 5.41) is 2.85. The van der Waals surface area contributed by atoms with Gasteiger partial charge < -0.3 is 10.1 Å². The number of ether oxygens (including phenoxy) is 1. The minimum atomic E-state index is -4.45. The standard InChI is InChI=1S/C15H19F3N2O3S/c1-9(2)6-11(14(22)23-3)20-12(21)8-24-13-5-4-10(7-19-13)15(16,17)18/h4-5,7,9,11H,6,8H2,1-3H3,(H,20,21). The average Bonchev–Trinajstić information content (AvgIpc) is 2.50. The van der Waals surface area contributed by atoms with Crippen molar-refractivity contribution in [3.05, 3.63) is 23.9 Å². The second-order valence-corrected chi connectivity index (χ2v) is 6.44. The van der Waals surface area contributed by atoms with Gasteiger partial charge in [0.2, 0.25) is 5.91 Å². The van der Waals surface area contributed by atoms with Gasteiger partial charge in [0.1, 0.15) is 6.04 Å². The lowest BCUT2D eigenvalue weighted by Crippen LogP contribution is -2.43. The molecule has 1 rings (SSSR count). The predicted octanol–water partition coefficient (Wildman–Crippen LogP) is 2.90. The van der Waals surface area contributed by atoms with Gasteiger partial charge in [0.05, 0.1) is 23.5 Å². The summed E-state index contributed by atoms with van der Waals surface area (Å²) in [6.07, 6.45) is -3.30. The van der Waals surface area contributed by atoms with Crippen LogP contribution in [-0.2, 0) is 20.5 Å². The number of alkyl halides is 3. The quantitative estimate of drug-likeness (QED) is 0.595. The maximum atomic E-state index is 12.4. The number of aromatic nitrogens is 1. The van der Waals surface area contributed by atoms with Crippen LogP contribution in [0.3, 0.4) is 0 Å². The van der Waals surface area contributed by atoms with Crippen molar-refractivity contribution in [2.45, 2.75) is 37.5 Å². The van der Waals surface area contributed by atoms with E-state index in [1.807, 2.05) is 13.8 Å². The summed E-state index contributed by atoms with van der Waals surface area (Å²) in [6.45, 7) is 3.81. The molecule has 0 aliphatic heterocycles. The Balaban J connectivity index is 2.57. The summed E-state index contributed by atoms with van der Waals surface area (Å²) in [4.78, 5) is 27.2. The Labute approximate surface area is 142 Å². The summed E-state index contributed by atoms with van der Waals surface area (Å²) >= 11 is 0.985. The Morgan fingerprint density at radius 2 is 2.00 bits per heavy atom. The minimum absolute atomic E-state index is 0.0655. The largest absolute Gasteiger partial charge is 0.467 e. The molecule has 0 aliphatic rings. The second kappa shape index (κ2) is 8.91. The Morgan fingerprint density at radius 3 is 2.46 bits per heavy atom. The lowest BCUT2D eigenvalue weighted by Gasteiger charge is -2.18. The van der Waals surface area contributed by atoms with E-state index in [1.54, 1.807) is 0 Å². The molecule has 0 bridgehead atoms. The minimum Gasteiger partial charge on any atom is -0.467 e. The zero-order valence-electron chi connectivity index (χ0n) is 13.5. The van der Waals surface area contributed by atoms with Gasteiger partial charge in [-0.3, -0.25) is 4.79 Å². The first-order chi connectivity index (χ1) is 11.1. The number of pyridine rings is 1. The fourth-order valence-electron chi connectivity index (χ4n) is 1.84. The van der Waals surface area contributed by atoms with Crippen molar-refractivity contribution >= 4 is 23.6 Å². The maximum absolute atomic E-state index is 12.4. The molecule has 0 spiro atoms. The molecule has 1 unspecified atom stereocenters. The van der Waals surface area contributed by atoms with Crippen molar-refractivity contribution in [1.82, 2.24) is 10.3 Å². The van der Waals surface area contributed by atoms with Crippen LogP contribution >= 0.6 is 11.8 Å². The topological polar surface area (TPSA) is 68.3 Å². The summed E-state index contributed by atoms with van der Waals surface area (Å²) in [7, 11) is 1.24. The first-order valence-corrected chi connectivity index (χ1v) is 8.15. The van der Waals surface area contributed by atoms with Crippen LogP contribution in [0, 0.1) is 5.92 Å². The Bertz CT molecular complexity index is 562. The van der Waals surface area contributed by atoms with Crippen LogP contribution < -0.4 is 5.32 Å². The highest BCUT2D eigenvalue weighted by Crippen LogP contribution is 2.29. The van der Waals surface area contributed by atoms with Gasteiger partial charge in [0, 0.05) is 6.20 Å². The molecule has 1 atom stereocenters. The average molecular weight is 364 g/mol. The van der Waals surface area contributed by atoms with E-state index in [9.17, 15) is 22.8 Å². The van der Waals surface area contributed by atoms with Crippen molar-refractivity contribution in [2.75, 3.05) is 12.9 Å². The molecule has 1 N–H and O–H groups in total. The SMILES string of the molecule is COC(=O)C(CC(C)C)NC(=O)CSc1ccc(C(F)(F)F)cn1. The third-order valence-electron chi connectivity index (χ3n) is 2.94. The van der Waals surface area contributed by atoms with Crippen LogP contribution in [0.4, 0.5) is 13.2 Å². The van der Waals surface area contributed by atoms with Crippen LogP contribution in [-0.4, -0.2) is 35.8 Å². The number of hydrogen-bond acceptors (Lipinski definition) is 5. The molecule has 1 heterocycles. The number of thioether (sulfide) groups is 1. The molecule has 134 valence electrons. The molecule has 24 heavy (non-hydrogen) atoms. The van der Waals surface area contributed by atoms with Gasteiger partial charge in [-0.15, -0.1) is 0 Å². The number of carbonyl (C=O) groups is 2. The number of carbonyl (C=O) groups excluding carboxylic acids is 2. The number of hydrogen-bond donors (Lipinski definition) is 1. The number of halogens is 3. The second-order valence-electron chi connectivity index (χ2n) is 5.44. The van der Waals surface area contributed by atoms with Crippen molar-refractivity contribution in [3.8, 4) is 0 Å². The molecule has 9 heteroatoms. The van der Waals surface area contributed by atoms with Gasteiger partial charge in [0.25, 0.3) is 0 Å². The third-order valence-corrected chi connectivity index (χ3v) is 3.89. The summed E-state index contributed by atoms with van der Waals surface area (Å²) < 4.78 is 41.9. The fourth-order valence-corrected chi connectivity index (χ4v) is 2.49. The highest BCUT2D eigenvalue weighted by atomic mass is 32.2. The van der Waals surface area contributed by atoms with E-state index in [-0.39, 0.29) is 16.7 Å². The monoisotopic (exact) mass is 364 g/mol. The molecule has 0 saturated carbocycles. The molecular formula is C15H19F3N2O3S. The van der Waals surface area contributed by atoms with Gasteiger partial charge in [-0.2, -0.15) is 13.2 Å². The Kier molecular flexibility index (Phi) is 7.53. The number of rotatable bonds is 7. The molecule has 1 amide bonds. The van der Waals surface area contributed by atoms with Gasteiger partial charge in [-0.25, -0.2) is 9.78 Å². The van der Waals surface area contributed by atoms with Crippen LogP contribution in [0.25, 0.3) is 0 Å². The molecule has 5 nitrogen and oxygen atoms in total. The van der Waals surface area contributed by atoms with Crippen LogP contribution in [0.15, 0.2) is 23.4 Å². The molecule has 0 saturated heterocycles. The normalized spacial score (nSPS) is 12.8. The molecule has 0 aromatic carbocycles. The third kappa shape index (κ3) is 6.77. The van der Waals surface area contributed by atoms with Gasteiger partial charge >= 0.3 is 12.1 Å². The van der Waals surface area contributed by atoms with Gasteiger partial charge in [-0.1, -0.05) is 25.6 Å². The number of methoxy groups -OCH3 is 1. The van der Waals surface area contributed by atoms with Gasteiger partial charge in [-0.05, 0) is 24.5 Å². The summed E-state index contributed by atoms with van der Waals surface area (Å²) in [5.74, 6) is -0.838. The van der Waals surface area contributed by atoms with E-state index < -0.39 is 29.7 Å². The number of esters is 1. The van der Waals surface area contributed by atoms with Gasteiger partial charge in [0.15, 0.2) is 0 Å². The highest BCUT2D eigenvalue weighted by Gasteiger charge is 2.30. The zero-order chi connectivity index (χ0) is 18.3. The lowest BCUT2D eigenvalue weighted by atomic mass is 10.0. The number of amides is 1. The first kappa shape index (κ1) is 20.3. The zero-order valence-corrected chi connectivity index (χ0v) is 14.3. The van der Waals surface area contributed by atoms with E-state index in [4.69, 9.17) is 0 Å². The van der Waals surface area contributed by atoms with Crippen LogP contribution in [0.2, 0.25) is 0 Å². The van der Waals surface area contributed by atoms with E-state index in [0.29, 0.717) is 6.42 Å². The molecule has 1 aromatic heterocycles.